The first-order valence-corrected chi connectivity index (χ1v) is 7.51. The highest BCUT2D eigenvalue weighted by atomic mass is 19.1. The lowest BCUT2D eigenvalue weighted by Crippen LogP contribution is -2.30. The molecule has 1 unspecified atom stereocenters. The number of benzene rings is 2. The molecule has 0 aliphatic carbocycles. The summed E-state index contributed by atoms with van der Waals surface area (Å²) in [4.78, 5) is 10.9. The molecule has 0 spiro atoms. The lowest BCUT2D eigenvalue weighted by atomic mass is 10.1. The highest BCUT2D eigenvalue weighted by Crippen LogP contribution is 2.15. The minimum Gasteiger partial charge on any atom is -0.489 e. The Hall–Kier alpha value is -2.40. The first-order chi connectivity index (χ1) is 11.1. The molecule has 0 heterocycles. The molecule has 2 aromatic carbocycles. The molecule has 5 heteroatoms. The van der Waals surface area contributed by atoms with E-state index in [2.05, 4.69) is 5.32 Å². The topological polar surface area (TPSA) is 64.3 Å². The van der Waals surface area contributed by atoms with Gasteiger partial charge in [0.2, 0.25) is 5.91 Å². The summed E-state index contributed by atoms with van der Waals surface area (Å²) in [5.74, 6) is -0.0906. The van der Waals surface area contributed by atoms with Crippen molar-refractivity contribution < 1.29 is 13.9 Å². The number of nitrogens with two attached hydrogens (primary N) is 1. The molecule has 0 saturated carbocycles. The second kappa shape index (κ2) is 8.29. The number of hydrogen-bond donors (Lipinski definition) is 2. The molecule has 0 aromatic heterocycles. The minimum absolute atomic E-state index is 0.195. The average molecular weight is 316 g/mol. The Morgan fingerprint density at radius 3 is 2.57 bits per heavy atom. The van der Waals surface area contributed by atoms with Gasteiger partial charge in [0.15, 0.2) is 0 Å². The summed E-state index contributed by atoms with van der Waals surface area (Å²) in [6.07, 6.45) is 0. The Labute approximate surface area is 135 Å². The largest absolute Gasteiger partial charge is 0.489 e. The van der Waals surface area contributed by atoms with E-state index in [1.54, 1.807) is 25.1 Å². The molecule has 0 fully saturated rings. The van der Waals surface area contributed by atoms with Gasteiger partial charge in [-0.15, -0.1) is 0 Å². The predicted octanol–water partition coefficient (Wildman–Crippen LogP) is 2.62. The number of carbonyl (C=O) groups is 1. The van der Waals surface area contributed by atoms with Crippen LogP contribution in [0.2, 0.25) is 0 Å². The molecule has 23 heavy (non-hydrogen) atoms. The van der Waals surface area contributed by atoms with Gasteiger partial charge in [0, 0.05) is 24.6 Å². The molecule has 0 aliphatic heterocycles. The van der Waals surface area contributed by atoms with E-state index in [0.29, 0.717) is 24.4 Å². The number of primary amides is 1. The molecule has 0 aliphatic rings. The van der Waals surface area contributed by atoms with Crippen LogP contribution in [0.1, 0.15) is 18.1 Å². The maximum absolute atomic E-state index is 13.5. The van der Waals surface area contributed by atoms with Crippen LogP contribution in [-0.4, -0.2) is 12.5 Å². The van der Waals surface area contributed by atoms with E-state index in [9.17, 15) is 9.18 Å². The molecule has 2 rings (SSSR count). The average Bonchev–Trinajstić information content (AvgIpc) is 2.55. The fourth-order valence-electron chi connectivity index (χ4n) is 2.01. The first-order valence-electron chi connectivity index (χ1n) is 7.51. The van der Waals surface area contributed by atoms with E-state index < -0.39 is 0 Å². The minimum atomic E-state index is -0.311. The lowest BCUT2D eigenvalue weighted by molar-refractivity contribution is -0.121. The van der Waals surface area contributed by atoms with Crippen molar-refractivity contribution in [2.45, 2.75) is 20.1 Å². The Bertz CT molecular complexity index is 644. The van der Waals surface area contributed by atoms with Gasteiger partial charge in [-0.05, 0) is 23.8 Å². The predicted molar refractivity (Wildman–Crippen MR) is 87.2 cm³/mol. The molecule has 0 saturated heterocycles. The molecule has 0 radical (unpaired) electrons. The van der Waals surface area contributed by atoms with Crippen molar-refractivity contribution in [3.05, 3.63) is 65.5 Å². The van der Waals surface area contributed by atoms with Gasteiger partial charge in [0.05, 0.1) is 0 Å². The molecule has 3 N–H and O–H groups in total. The standard InChI is InChI=1S/C18H21FN2O2/c1-13(18(20)22)10-21-11-14-6-8-16(9-7-14)23-12-15-4-2-3-5-17(15)19/h2-9,13,21H,10-12H2,1H3,(H2,20,22). The van der Waals surface area contributed by atoms with E-state index >= 15 is 0 Å². The Kier molecular flexibility index (Phi) is 6.11. The summed E-state index contributed by atoms with van der Waals surface area (Å²) in [7, 11) is 0. The highest BCUT2D eigenvalue weighted by molar-refractivity contribution is 5.76. The zero-order chi connectivity index (χ0) is 16.7. The fourth-order valence-corrected chi connectivity index (χ4v) is 2.01. The van der Waals surface area contributed by atoms with Gasteiger partial charge < -0.3 is 15.8 Å². The molecular formula is C18H21FN2O2. The van der Waals surface area contributed by atoms with Crippen molar-refractivity contribution in [3.8, 4) is 5.75 Å². The van der Waals surface area contributed by atoms with Crippen LogP contribution in [0.5, 0.6) is 5.75 Å². The second-order valence-electron chi connectivity index (χ2n) is 5.46. The molecule has 2 aromatic rings. The summed E-state index contributed by atoms with van der Waals surface area (Å²) in [6.45, 7) is 3.17. The number of ether oxygens (including phenoxy) is 1. The third-order valence-corrected chi connectivity index (χ3v) is 3.54. The maximum atomic E-state index is 13.5. The van der Waals surface area contributed by atoms with Crippen molar-refractivity contribution in [1.29, 1.82) is 0 Å². The summed E-state index contributed by atoms with van der Waals surface area (Å²) in [5.41, 5.74) is 6.80. The van der Waals surface area contributed by atoms with Crippen LogP contribution in [0.15, 0.2) is 48.5 Å². The van der Waals surface area contributed by atoms with Crippen molar-refractivity contribution in [3.63, 3.8) is 0 Å². The van der Waals surface area contributed by atoms with Gasteiger partial charge in [-0.25, -0.2) is 4.39 Å². The number of carbonyl (C=O) groups excluding carboxylic acids is 1. The monoisotopic (exact) mass is 316 g/mol. The summed E-state index contributed by atoms with van der Waals surface area (Å²) < 4.78 is 19.1. The van der Waals surface area contributed by atoms with Gasteiger partial charge >= 0.3 is 0 Å². The molecule has 1 amide bonds. The Morgan fingerprint density at radius 1 is 1.22 bits per heavy atom. The molecule has 1 atom stereocenters. The summed E-state index contributed by atoms with van der Waals surface area (Å²) in [5, 5.41) is 3.18. The number of halogens is 1. The Morgan fingerprint density at radius 2 is 1.91 bits per heavy atom. The zero-order valence-corrected chi connectivity index (χ0v) is 13.1. The first kappa shape index (κ1) is 17.0. The van der Waals surface area contributed by atoms with Crippen molar-refractivity contribution in [2.24, 2.45) is 11.7 Å². The van der Waals surface area contributed by atoms with Crippen LogP contribution < -0.4 is 15.8 Å². The van der Waals surface area contributed by atoms with E-state index in [4.69, 9.17) is 10.5 Å². The van der Waals surface area contributed by atoms with Gasteiger partial charge in [-0.2, -0.15) is 0 Å². The fraction of sp³-hybridized carbons (Fsp3) is 0.278. The van der Waals surface area contributed by atoms with Crippen LogP contribution in [0, 0.1) is 11.7 Å². The third kappa shape index (κ3) is 5.38. The van der Waals surface area contributed by atoms with E-state index in [0.717, 1.165) is 5.56 Å². The quantitative estimate of drug-likeness (QED) is 0.787. The van der Waals surface area contributed by atoms with Gasteiger partial charge in [-0.3, -0.25) is 4.79 Å². The zero-order valence-electron chi connectivity index (χ0n) is 13.1. The molecule has 0 bridgehead atoms. The number of amides is 1. The van der Waals surface area contributed by atoms with Gasteiger partial charge in [-0.1, -0.05) is 37.3 Å². The van der Waals surface area contributed by atoms with Crippen LogP contribution in [-0.2, 0) is 17.9 Å². The van der Waals surface area contributed by atoms with Crippen LogP contribution >= 0.6 is 0 Å². The molecule has 122 valence electrons. The number of nitrogens with one attached hydrogen (secondary N) is 1. The van der Waals surface area contributed by atoms with E-state index in [-0.39, 0.29) is 24.2 Å². The summed E-state index contributed by atoms with van der Waals surface area (Å²) in [6, 6.07) is 14.1. The second-order valence-corrected chi connectivity index (χ2v) is 5.46. The smallest absolute Gasteiger partial charge is 0.221 e. The van der Waals surface area contributed by atoms with Gasteiger partial charge in [0.25, 0.3) is 0 Å². The normalized spacial score (nSPS) is 11.9. The van der Waals surface area contributed by atoms with Crippen LogP contribution in [0.25, 0.3) is 0 Å². The lowest BCUT2D eigenvalue weighted by Gasteiger charge is -2.10. The van der Waals surface area contributed by atoms with Crippen LogP contribution in [0.4, 0.5) is 4.39 Å². The highest BCUT2D eigenvalue weighted by Gasteiger charge is 2.07. The molecule has 4 nitrogen and oxygen atoms in total. The summed E-state index contributed by atoms with van der Waals surface area (Å²) >= 11 is 0. The van der Waals surface area contributed by atoms with Crippen molar-refractivity contribution in [2.75, 3.05) is 6.54 Å². The number of rotatable bonds is 8. The van der Waals surface area contributed by atoms with Crippen molar-refractivity contribution >= 4 is 5.91 Å². The SMILES string of the molecule is CC(CNCc1ccc(OCc2ccccc2F)cc1)C(N)=O. The van der Waals surface area contributed by atoms with Gasteiger partial charge in [0.1, 0.15) is 18.2 Å². The third-order valence-electron chi connectivity index (χ3n) is 3.54. The number of hydrogen-bond acceptors (Lipinski definition) is 3. The molecular weight excluding hydrogens is 295 g/mol. The van der Waals surface area contributed by atoms with Crippen molar-refractivity contribution in [1.82, 2.24) is 5.32 Å². The Balaban J connectivity index is 1.80. The van der Waals surface area contributed by atoms with E-state index in [1.165, 1.54) is 6.07 Å². The van der Waals surface area contributed by atoms with E-state index in [1.807, 2.05) is 24.3 Å². The maximum Gasteiger partial charge on any atom is 0.221 e. The van der Waals surface area contributed by atoms with Crippen LogP contribution in [0.3, 0.4) is 0 Å².